The first kappa shape index (κ1) is 22.4. The van der Waals surface area contributed by atoms with E-state index in [4.69, 9.17) is 9.57 Å². The molecule has 32 heavy (non-hydrogen) atoms. The second kappa shape index (κ2) is 11.2. The Hall–Kier alpha value is -4.33. The third-order valence-electron chi connectivity index (χ3n) is 4.45. The van der Waals surface area contributed by atoms with Crippen LogP contribution in [0.1, 0.15) is 22.8 Å². The molecule has 0 unspecified atom stereocenters. The van der Waals surface area contributed by atoms with Gasteiger partial charge in [-0.1, -0.05) is 59.8 Å². The number of hydrogen-bond acceptors (Lipinski definition) is 6. The molecule has 3 aromatic rings. The maximum absolute atomic E-state index is 12.6. The minimum atomic E-state index is -0.543. The van der Waals surface area contributed by atoms with Gasteiger partial charge in [0.1, 0.15) is 5.75 Å². The van der Waals surface area contributed by atoms with Gasteiger partial charge in [0.2, 0.25) is 0 Å². The zero-order chi connectivity index (χ0) is 22.8. The van der Waals surface area contributed by atoms with Gasteiger partial charge in [-0.25, -0.2) is 0 Å². The van der Waals surface area contributed by atoms with E-state index in [1.807, 2.05) is 54.6 Å². The van der Waals surface area contributed by atoms with Crippen LogP contribution >= 0.6 is 0 Å². The highest BCUT2D eigenvalue weighted by Gasteiger charge is 2.13. The number of carbonyl (C=O) groups excluding carboxylic acids is 2. The van der Waals surface area contributed by atoms with Gasteiger partial charge in [0.05, 0.1) is 29.8 Å². The van der Waals surface area contributed by atoms with Gasteiger partial charge >= 0.3 is 0 Å². The average molecular weight is 432 g/mol. The predicted molar refractivity (Wildman–Crippen MR) is 123 cm³/mol. The van der Waals surface area contributed by atoms with Crippen LogP contribution < -0.4 is 20.9 Å². The molecular weight excluding hydrogens is 408 g/mol. The lowest BCUT2D eigenvalue weighted by Crippen LogP contribution is -2.43. The fourth-order valence-electron chi connectivity index (χ4n) is 2.83. The molecule has 0 aliphatic rings. The van der Waals surface area contributed by atoms with Crippen molar-refractivity contribution < 1.29 is 19.2 Å². The number of hydrazine groups is 1. The van der Waals surface area contributed by atoms with Crippen molar-refractivity contribution in [2.45, 2.75) is 6.92 Å². The van der Waals surface area contributed by atoms with Crippen LogP contribution in [-0.4, -0.2) is 31.2 Å². The minimum absolute atomic E-state index is 0.342. The molecule has 3 rings (SSSR count). The summed E-state index contributed by atoms with van der Waals surface area (Å²) in [6, 6.07) is 23.7. The number of nitrogens with one attached hydrogen (secondary N) is 3. The number of oxime groups is 1. The first-order valence-corrected chi connectivity index (χ1v) is 9.88. The number of anilines is 2. The van der Waals surface area contributed by atoms with Crippen LogP contribution in [0, 0.1) is 0 Å². The summed E-state index contributed by atoms with van der Waals surface area (Å²) in [4.78, 5) is 29.7. The zero-order valence-electron chi connectivity index (χ0n) is 17.8. The number of hydrogen-bond donors (Lipinski definition) is 3. The van der Waals surface area contributed by atoms with Crippen molar-refractivity contribution in [3.8, 4) is 5.75 Å². The van der Waals surface area contributed by atoms with E-state index < -0.39 is 11.8 Å². The lowest BCUT2D eigenvalue weighted by Gasteiger charge is -2.14. The molecule has 0 aromatic heterocycles. The van der Waals surface area contributed by atoms with E-state index in [0.29, 0.717) is 28.4 Å². The molecule has 0 heterocycles. The first-order chi connectivity index (χ1) is 15.6. The molecule has 2 amide bonds. The van der Waals surface area contributed by atoms with Gasteiger partial charge in [-0.15, -0.1) is 0 Å². The third kappa shape index (κ3) is 6.09. The Labute approximate surface area is 186 Å². The van der Waals surface area contributed by atoms with Crippen LogP contribution in [0.5, 0.6) is 5.75 Å². The summed E-state index contributed by atoms with van der Waals surface area (Å²) in [7, 11) is 1.57. The molecule has 3 N–H and O–H groups in total. The summed E-state index contributed by atoms with van der Waals surface area (Å²) in [6.45, 7) is 1.44. The number of amides is 2. The van der Waals surface area contributed by atoms with Crippen molar-refractivity contribution in [2.24, 2.45) is 5.16 Å². The van der Waals surface area contributed by atoms with Crippen LogP contribution in [0.3, 0.4) is 0 Å². The maximum Gasteiger partial charge on any atom is 0.279 e. The Bertz CT molecular complexity index is 1100. The minimum Gasteiger partial charge on any atom is -0.495 e. The number of carbonyl (C=O) groups is 2. The summed E-state index contributed by atoms with van der Waals surface area (Å²) >= 11 is 0. The van der Waals surface area contributed by atoms with E-state index in [0.717, 1.165) is 5.56 Å². The highest BCUT2D eigenvalue weighted by atomic mass is 16.6. The second-order valence-electron chi connectivity index (χ2n) is 6.69. The molecule has 0 saturated heterocycles. The Balaban J connectivity index is 1.55. The van der Waals surface area contributed by atoms with E-state index in [9.17, 15) is 9.59 Å². The molecule has 8 heteroatoms. The molecule has 0 fully saturated rings. The van der Waals surface area contributed by atoms with Gasteiger partial charge in [-0.2, -0.15) is 0 Å². The van der Waals surface area contributed by atoms with E-state index in [2.05, 4.69) is 21.3 Å². The van der Waals surface area contributed by atoms with E-state index in [1.54, 1.807) is 38.3 Å². The standard InChI is InChI=1S/C24H24N4O4/c1-17(18-10-4-3-5-11-18)28-32-16-23(29)26-27-24(30)19-12-6-7-13-20(19)25-21-14-8-9-15-22(21)31-2/h3-15,25H,16H2,1-2H3,(H,26,29)(H,27,30)/b28-17+. The molecule has 8 nitrogen and oxygen atoms in total. The lowest BCUT2D eigenvalue weighted by molar-refractivity contribution is -0.126. The average Bonchev–Trinajstić information content (AvgIpc) is 2.83. The Kier molecular flexibility index (Phi) is 7.80. The molecule has 0 aliphatic carbocycles. The fourth-order valence-corrected chi connectivity index (χ4v) is 2.83. The molecule has 0 spiro atoms. The smallest absolute Gasteiger partial charge is 0.279 e. The van der Waals surface area contributed by atoms with Gasteiger partial charge in [0.15, 0.2) is 6.61 Å². The van der Waals surface area contributed by atoms with Gasteiger partial charge in [-0.05, 0) is 36.8 Å². The summed E-state index contributed by atoms with van der Waals surface area (Å²) in [5.41, 5.74) is 7.85. The molecule has 0 atom stereocenters. The predicted octanol–water partition coefficient (Wildman–Crippen LogP) is 3.64. The largest absolute Gasteiger partial charge is 0.495 e. The van der Waals surface area contributed by atoms with Crippen LogP contribution in [0.2, 0.25) is 0 Å². The van der Waals surface area contributed by atoms with Crippen molar-refractivity contribution in [3.05, 3.63) is 90.0 Å². The Morgan fingerprint density at radius 2 is 1.50 bits per heavy atom. The van der Waals surface area contributed by atoms with Crippen LogP contribution in [0.15, 0.2) is 84.0 Å². The van der Waals surface area contributed by atoms with Crippen molar-refractivity contribution in [2.75, 3.05) is 19.0 Å². The van der Waals surface area contributed by atoms with Crippen LogP contribution in [-0.2, 0) is 9.63 Å². The number of para-hydroxylation sites is 3. The van der Waals surface area contributed by atoms with Crippen molar-refractivity contribution in [1.82, 2.24) is 10.9 Å². The van der Waals surface area contributed by atoms with Crippen LogP contribution in [0.4, 0.5) is 11.4 Å². The molecule has 164 valence electrons. The molecule has 0 radical (unpaired) electrons. The Morgan fingerprint density at radius 1 is 0.844 bits per heavy atom. The van der Waals surface area contributed by atoms with Gasteiger partial charge in [-0.3, -0.25) is 20.4 Å². The highest BCUT2D eigenvalue weighted by Crippen LogP contribution is 2.28. The lowest BCUT2D eigenvalue weighted by atomic mass is 10.1. The monoisotopic (exact) mass is 432 g/mol. The van der Waals surface area contributed by atoms with Crippen molar-refractivity contribution in [1.29, 1.82) is 0 Å². The van der Waals surface area contributed by atoms with Gasteiger partial charge in [0, 0.05) is 0 Å². The van der Waals surface area contributed by atoms with E-state index in [-0.39, 0.29) is 6.61 Å². The van der Waals surface area contributed by atoms with Crippen LogP contribution in [0.25, 0.3) is 0 Å². The van der Waals surface area contributed by atoms with Gasteiger partial charge in [0.25, 0.3) is 11.8 Å². The van der Waals surface area contributed by atoms with Crippen molar-refractivity contribution in [3.63, 3.8) is 0 Å². The number of rotatable bonds is 8. The molecule has 0 aliphatic heterocycles. The maximum atomic E-state index is 12.6. The summed E-state index contributed by atoms with van der Waals surface area (Å²) < 4.78 is 5.33. The SMILES string of the molecule is COc1ccccc1Nc1ccccc1C(=O)NNC(=O)CO/N=C(\C)c1ccccc1. The molecule has 0 saturated carbocycles. The third-order valence-corrected chi connectivity index (χ3v) is 4.45. The number of ether oxygens (including phenoxy) is 1. The second-order valence-corrected chi connectivity index (χ2v) is 6.69. The van der Waals surface area contributed by atoms with Crippen molar-refractivity contribution >= 4 is 28.9 Å². The summed E-state index contributed by atoms with van der Waals surface area (Å²) in [5.74, 6) is -0.391. The van der Waals surface area contributed by atoms with E-state index in [1.165, 1.54) is 0 Å². The Morgan fingerprint density at radius 3 is 2.25 bits per heavy atom. The molecular formula is C24H24N4O4. The van der Waals surface area contributed by atoms with Gasteiger partial charge < -0.3 is 14.9 Å². The van der Waals surface area contributed by atoms with E-state index >= 15 is 0 Å². The summed E-state index contributed by atoms with van der Waals surface area (Å²) in [5, 5.41) is 7.10. The number of benzene rings is 3. The first-order valence-electron chi connectivity index (χ1n) is 9.88. The highest BCUT2D eigenvalue weighted by molar-refractivity contribution is 6.01. The zero-order valence-corrected chi connectivity index (χ0v) is 17.8. The molecule has 0 bridgehead atoms. The normalized spacial score (nSPS) is 10.8. The fraction of sp³-hybridized carbons (Fsp3) is 0.125. The topological polar surface area (TPSA) is 101 Å². The number of methoxy groups -OCH3 is 1. The quantitative estimate of drug-likeness (QED) is 0.373. The molecule has 3 aromatic carbocycles. The summed E-state index contributed by atoms with van der Waals surface area (Å²) in [6.07, 6.45) is 0. The number of nitrogens with zero attached hydrogens (tertiary/aromatic N) is 1.